The number of hydrogen-bond acceptors (Lipinski definition) is 3. The van der Waals surface area contributed by atoms with Gasteiger partial charge in [0.05, 0.1) is 6.54 Å². The van der Waals surface area contributed by atoms with E-state index >= 15 is 0 Å². The Hall–Kier alpha value is -2.69. The predicted molar refractivity (Wildman–Crippen MR) is 79.7 cm³/mol. The van der Waals surface area contributed by atoms with Gasteiger partial charge in [0.15, 0.2) is 0 Å². The highest BCUT2D eigenvalue weighted by Gasteiger charge is 2.06. The second-order valence-corrected chi connectivity index (χ2v) is 4.47. The van der Waals surface area contributed by atoms with Crippen LogP contribution in [0.25, 0.3) is 0 Å². The number of nitrogens with zero attached hydrogens (tertiary/aromatic N) is 1. The van der Waals surface area contributed by atoms with Crippen LogP contribution in [0, 0.1) is 0 Å². The maximum absolute atomic E-state index is 11.7. The molecular formula is C16H17N3O2. The normalized spacial score (nSPS) is 9.90. The summed E-state index contributed by atoms with van der Waals surface area (Å²) in [6.07, 6.45) is 2.39. The van der Waals surface area contributed by atoms with E-state index in [1.807, 2.05) is 24.3 Å². The van der Waals surface area contributed by atoms with Crippen molar-refractivity contribution in [2.24, 2.45) is 0 Å². The lowest BCUT2D eigenvalue weighted by Crippen LogP contribution is -2.37. The minimum atomic E-state index is -0.254. The standard InChI is InChI=1S/C16H17N3O2/c20-15(18-11-9-14-8-4-5-10-17-14)12-19-16(21)13-6-2-1-3-7-13/h1-8,10H,9,11-12H2,(H,18,20)(H,19,21). The van der Waals surface area contributed by atoms with Crippen molar-refractivity contribution in [3.63, 3.8) is 0 Å². The maximum Gasteiger partial charge on any atom is 0.251 e. The molecule has 0 aliphatic carbocycles. The zero-order valence-electron chi connectivity index (χ0n) is 11.6. The zero-order valence-corrected chi connectivity index (χ0v) is 11.6. The lowest BCUT2D eigenvalue weighted by Gasteiger charge is -2.06. The molecule has 1 heterocycles. The van der Waals surface area contributed by atoms with E-state index in [1.165, 1.54) is 0 Å². The molecule has 1 aromatic carbocycles. The first-order chi connectivity index (χ1) is 10.3. The van der Waals surface area contributed by atoms with Crippen molar-refractivity contribution in [1.29, 1.82) is 0 Å². The van der Waals surface area contributed by atoms with E-state index in [1.54, 1.807) is 30.5 Å². The monoisotopic (exact) mass is 283 g/mol. The summed E-state index contributed by atoms with van der Waals surface area (Å²) in [6.45, 7) is 0.465. The van der Waals surface area contributed by atoms with Crippen LogP contribution in [0.5, 0.6) is 0 Å². The molecular weight excluding hydrogens is 266 g/mol. The van der Waals surface area contributed by atoms with Gasteiger partial charge < -0.3 is 10.6 Å². The summed E-state index contributed by atoms with van der Waals surface area (Å²) in [5.41, 5.74) is 1.46. The molecule has 0 atom stereocenters. The van der Waals surface area contributed by atoms with Crippen molar-refractivity contribution in [1.82, 2.24) is 15.6 Å². The molecule has 0 unspecified atom stereocenters. The summed E-state index contributed by atoms with van der Waals surface area (Å²) >= 11 is 0. The summed E-state index contributed by atoms with van der Waals surface area (Å²) in [7, 11) is 0. The molecule has 0 aliphatic heterocycles. The van der Waals surface area contributed by atoms with Gasteiger partial charge >= 0.3 is 0 Å². The Labute approximate surface area is 123 Å². The number of pyridine rings is 1. The molecule has 0 spiro atoms. The number of carbonyl (C=O) groups is 2. The predicted octanol–water partition coefficient (Wildman–Crippen LogP) is 1.17. The van der Waals surface area contributed by atoms with Gasteiger partial charge in [0.25, 0.3) is 5.91 Å². The van der Waals surface area contributed by atoms with Gasteiger partial charge in [0, 0.05) is 30.4 Å². The molecule has 0 saturated heterocycles. The number of amides is 2. The van der Waals surface area contributed by atoms with E-state index in [0.717, 1.165) is 5.69 Å². The van der Waals surface area contributed by atoms with E-state index in [4.69, 9.17) is 0 Å². The van der Waals surface area contributed by atoms with Crippen LogP contribution >= 0.6 is 0 Å². The molecule has 0 radical (unpaired) electrons. The van der Waals surface area contributed by atoms with Crippen LogP contribution < -0.4 is 10.6 Å². The molecule has 1 aromatic heterocycles. The van der Waals surface area contributed by atoms with Gasteiger partial charge in [-0.3, -0.25) is 14.6 Å². The number of rotatable bonds is 6. The van der Waals surface area contributed by atoms with Crippen LogP contribution in [0.4, 0.5) is 0 Å². The average molecular weight is 283 g/mol. The molecule has 2 amide bonds. The quantitative estimate of drug-likeness (QED) is 0.836. The van der Waals surface area contributed by atoms with Crippen LogP contribution in [0.1, 0.15) is 16.1 Å². The van der Waals surface area contributed by atoms with Crippen LogP contribution in [0.3, 0.4) is 0 Å². The van der Waals surface area contributed by atoms with E-state index in [9.17, 15) is 9.59 Å². The molecule has 0 fully saturated rings. The molecule has 0 saturated carbocycles. The van der Waals surface area contributed by atoms with Gasteiger partial charge in [0.1, 0.15) is 0 Å². The minimum absolute atomic E-state index is 0.0318. The van der Waals surface area contributed by atoms with Crippen molar-refractivity contribution in [3.8, 4) is 0 Å². The number of nitrogens with one attached hydrogen (secondary N) is 2. The summed E-state index contributed by atoms with van der Waals surface area (Å²) < 4.78 is 0. The Morgan fingerprint density at radius 3 is 2.43 bits per heavy atom. The van der Waals surface area contributed by atoms with Crippen molar-refractivity contribution in [2.75, 3.05) is 13.1 Å². The Morgan fingerprint density at radius 1 is 0.952 bits per heavy atom. The molecule has 5 heteroatoms. The Morgan fingerprint density at radius 2 is 1.71 bits per heavy atom. The van der Waals surface area contributed by atoms with Gasteiger partial charge in [-0.05, 0) is 24.3 Å². The third kappa shape index (κ3) is 5.06. The molecule has 0 aliphatic rings. The summed E-state index contributed by atoms with van der Waals surface area (Å²) in [5.74, 6) is -0.467. The second kappa shape index (κ2) is 7.79. The average Bonchev–Trinajstić information content (AvgIpc) is 2.54. The van der Waals surface area contributed by atoms with Crippen molar-refractivity contribution >= 4 is 11.8 Å². The van der Waals surface area contributed by atoms with Crippen molar-refractivity contribution in [2.45, 2.75) is 6.42 Å². The maximum atomic E-state index is 11.7. The first-order valence-electron chi connectivity index (χ1n) is 6.75. The summed E-state index contributed by atoms with van der Waals surface area (Å²) in [5, 5.41) is 5.33. The molecule has 2 N–H and O–H groups in total. The van der Waals surface area contributed by atoms with Gasteiger partial charge in [-0.2, -0.15) is 0 Å². The lowest BCUT2D eigenvalue weighted by molar-refractivity contribution is -0.120. The van der Waals surface area contributed by atoms with Crippen LogP contribution in [-0.2, 0) is 11.2 Å². The summed E-state index contributed by atoms with van der Waals surface area (Å²) in [6, 6.07) is 14.5. The molecule has 0 bridgehead atoms. The third-order valence-electron chi connectivity index (χ3n) is 2.87. The Balaban J connectivity index is 1.67. The molecule has 108 valence electrons. The van der Waals surface area contributed by atoms with Crippen LogP contribution in [0.15, 0.2) is 54.7 Å². The lowest BCUT2D eigenvalue weighted by atomic mass is 10.2. The van der Waals surface area contributed by atoms with E-state index in [-0.39, 0.29) is 18.4 Å². The van der Waals surface area contributed by atoms with Gasteiger partial charge in [-0.1, -0.05) is 24.3 Å². The number of hydrogen-bond donors (Lipinski definition) is 2. The summed E-state index contributed by atoms with van der Waals surface area (Å²) in [4.78, 5) is 27.5. The fourth-order valence-electron chi connectivity index (χ4n) is 1.79. The molecule has 5 nitrogen and oxygen atoms in total. The molecule has 21 heavy (non-hydrogen) atoms. The highest BCUT2D eigenvalue weighted by Crippen LogP contribution is 1.97. The third-order valence-corrected chi connectivity index (χ3v) is 2.87. The molecule has 2 rings (SSSR count). The number of carbonyl (C=O) groups excluding carboxylic acids is 2. The van der Waals surface area contributed by atoms with E-state index < -0.39 is 0 Å². The largest absolute Gasteiger partial charge is 0.354 e. The molecule has 2 aromatic rings. The fourth-order valence-corrected chi connectivity index (χ4v) is 1.79. The Bertz CT molecular complexity index is 585. The van der Waals surface area contributed by atoms with Gasteiger partial charge in [0.2, 0.25) is 5.91 Å². The first-order valence-corrected chi connectivity index (χ1v) is 6.75. The van der Waals surface area contributed by atoms with Crippen LogP contribution in [-0.4, -0.2) is 29.9 Å². The highest BCUT2D eigenvalue weighted by atomic mass is 16.2. The topological polar surface area (TPSA) is 71.1 Å². The zero-order chi connectivity index (χ0) is 14.9. The highest BCUT2D eigenvalue weighted by molar-refractivity contribution is 5.96. The van der Waals surface area contributed by atoms with Gasteiger partial charge in [-0.25, -0.2) is 0 Å². The fraction of sp³-hybridized carbons (Fsp3) is 0.188. The second-order valence-electron chi connectivity index (χ2n) is 4.47. The Kier molecular flexibility index (Phi) is 5.46. The van der Waals surface area contributed by atoms with E-state index in [2.05, 4.69) is 15.6 Å². The van der Waals surface area contributed by atoms with Crippen molar-refractivity contribution in [3.05, 3.63) is 66.0 Å². The van der Waals surface area contributed by atoms with Gasteiger partial charge in [-0.15, -0.1) is 0 Å². The van der Waals surface area contributed by atoms with Crippen molar-refractivity contribution < 1.29 is 9.59 Å². The SMILES string of the molecule is O=C(CNC(=O)c1ccccc1)NCCc1ccccn1. The van der Waals surface area contributed by atoms with Crippen LogP contribution in [0.2, 0.25) is 0 Å². The number of benzene rings is 1. The first kappa shape index (κ1) is 14.7. The number of aromatic nitrogens is 1. The smallest absolute Gasteiger partial charge is 0.251 e. The minimum Gasteiger partial charge on any atom is -0.354 e. The van der Waals surface area contributed by atoms with E-state index in [0.29, 0.717) is 18.5 Å².